The minimum atomic E-state index is -0.246. The molecule has 1 aromatic rings. The summed E-state index contributed by atoms with van der Waals surface area (Å²) >= 11 is 0. The molecule has 5 nitrogen and oxygen atoms in total. The van der Waals surface area contributed by atoms with Gasteiger partial charge in [0, 0.05) is 32.6 Å². The molecule has 3 N–H and O–H groups in total. The van der Waals surface area contributed by atoms with Crippen LogP contribution in [0.25, 0.3) is 0 Å². The lowest BCUT2D eigenvalue weighted by molar-refractivity contribution is -0.121. The number of halogens is 1. The van der Waals surface area contributed by atoms with E-state index in [4.69, 9.17) is 0 Å². The SMILES string of the molecule is CN=C(NCCC(=O)NC1CCCC1)NCc1ccc(F)cc1. The standard InChI is InChI=1S/C17H25FN4O/c1-19-17(21-12-13-6-8-14(18)9-7-13)20-11-10-16(23)22-15-4-2-3-5-15/h6-9,15H,2-5,10-12H2,1H3,(H,22,23)(H2,19,20,21). The Hall–Kier alpha value is -2.11. The summed E-state index contributed by atoms with van der Waals surface area (Å²) in [7, 11) is 1.68. The summed E-state index contributed by atoms with van der Waals surface area (Å²) in [5.74, 6) is 0.464. The van der Waals surface area contributed by atoms with Crippen molar-refractivity contribution in [2.24, 2.45) is 4.99 Å². The summed E-state index contributed by atoms with van der Waals surface area (Å²) in [5, 5.41) is 9.31. The van der Waals surface area contributed by atoms with Gasteiger partial charge in [0.1, 0.15) is 5.82 Å². The first-order valence-corrected chi connectivity index (χ1v) is 8.15. The van der Waals surface area contributed by atoms with E-state index in [0.717, 1.165) is 18.4 Å². The van der Waals surface area contributed by atoms with Crippen molar-refractivity contribution in [3.05, 3.63) is 35.6 Å². The second-order valence-electron chi connectivity index (χ2n) is 5.78. The molecule has 1 saturated carbocycles. The third kappa shape index (κ3) is 6.26. The average Bonchev–Trinajstić information content (AvgIpc) is 3.05. The number of guanidine groups is 1. The maximum atomic E-state index is 12.8. The maximum Gasteiger partial charge on any atom is 0.221 e. The third-order valence-corrected chi connectivity index (χ3v) is 3.96. The van der Waals surface area contributed by atoms with Gasteiger partial charge in [-0.3, -0.25) is 9.79 Å². The van der Waals surface area contributed by atoms with Crippen LogP contribution in [-0.4, -0.2) is 31.5 Å². The van der Waals surface area contributed by atoms with Crippen LogP contribution in [0.3, 0.4) is 0 Å². The fraction of sp³-hybridized carbons (Fsp3) is 0.529. The normalized spacial score (nSPS) is 15.5. The van der Waals surface area contributed by atoms with E-state index in [1.165, 1.54) is 25.0 Å². The average molecular weight is 320 g/mol. The molecule has 6 heteroatoms. The summed E-state index contributed by atoms with van der Waals surface area (Å²) in [5.41, 5.74) is 0.966. The molecular weight excluding hydrogens is 295 g/mol. The molecule has 2 rings (SSSR count). The largest absolute Gasteiger partial charge is 0.356 e. The van der Waals surface area contributed by atoms with E-state index in [-0.39, 0.29) is 11.7 Å². The van der Waals surface area contributed by atoms with Gasteiger partial charge in [0.15, 0.2) is 5.96 Å². The number of rotatable bonds is 6. The molecule has 1 amide bonds. The van der Waals surface area contributed by atoms with Crippen molar-refractivity contribution in [2.75, 3.05) is 13.6 Å². The van der Waals surface area contributed by atoms with Gasteiger partial charge in [0.25, 0.3) is 0 Å². The zero-order chi connectivity index (χ0) is 16.5. The molecule has 126 valence electrons. The van der Waals surface area contributed by atoms with Crippen LogP contribution in [0.15, 0.2) is 29.3 Å². The fourth-order valence-corrected chi connectivity index (χ4v) is 2.67. The number of aliphatic imine (C=N–C) groups is 1. The Morgan fingerprint density at radius 3 is 2.57 bits per heavy atom. The topological polar surface area (TPSA) is 65.5 Å². The molecule has 0 spiro atoms. The smallest absolute Gasteiger partial charge is 0.221 e. The van der Waals surface area contributed by atoms with Crippen LogP contribution in [0.1, 0.15) is 37.7 Å². The summed E-state index contributed by atoms with van der Waals surface area (Å²) in [6.07, 6.45) is 5.04. The molecule has 0 unspecified atom stereocenters. The number of benzene rings is 1. The third-order valence-electron chi connectivity index (χ3n) is 3.96. The van der Waals surface area contributed by atoms with Gasteiger partial charge in [-0.1, -0.05) is 25.0 Å². The van der Waals surface area contributed by atoms with Gasteiger partial charge in [-0.25, -0.2) is 4.39 Å². The monoisotopic (exact) mass is 320 g/mol. The summed E-state index contributed by atoms with van der Waals surface area (Å²) in [6.45, 7) is 1.08. The van der Waals surface area contributed by atoms with Crippen LogP contribution in [-0.2, 0) is 11.3 Å². The number of nitrogens with one attached hydrogen (secondary N) is 3. The highest BCUT2D eigenvalue weighted by molar-refractivity contribution is 5.81. The lowest BCUT2D eigenvalue weighted by atomic mass is 10.2. The van der Waals surface area contributed by atoms with Crippen molar-refractivity contribution >= 4 is 11.9 Å². The molecule has 23 heavy (non-hydrogen) atoms. The van der Waals surface area contributed by atoms with Crippen molar-refractivity contribution in [2.45, 2.75) is 44.7 Å². The van der Waals surface area contributed by atoms with Crippen molar-refractivity contribution in [3.8, 4) is 0 Å². The van der Waals surface area contributed by atoms with E-state index in [1.807, 2.05) is 0 Å². The van der Waals surface area contributed by atoms with Crippen molar-refractivity contribution in [1.82, 2.24) is 16.0 Å². The Morgan fingerprint density at radius 1 is 1.22 bits per heavy atom. The van der Waals surface area contributed by atoms with Gasteiger partial charge in [0.05, 0.1) is 0 Å². The van der Waals surface area contributed by atoms with E-state index in [2.05, 4.69) is 20.9 Å². The van der Waals surface area contributed by atoms with Crippen molar-refractivity contribution < 1.29 is 9.18 Å². The summed E-state index contributed by atoms with van der Waals surface area (Å²) < 4.78 is 12.8. The number of hydrogen-bond acceptors (Lipinski definition) is 2. The second-order valence-corrected chi connectivity index (χ2v) is 5.78. The van der Waals surface area contributed by atoms with Gasteiger partial charge in [-0.15, -0.1) is 0 Å². The van der Waals surface area contributed by atoms with E-state index in [9.17, 15) is 9.18 Å². The van der Waals surface area contributed by atoms with Gasteiger partial charge in [-0.2, -0.15) is 0 Å². The van der Waals surface area contributed by atoms with Crippen LogP contribution in [0, 0.1) is 5.82 Å². The highest BCUT2D eigenvalue weighted by Crippen LogP contribution is 2.17. The second kappa shape index (κ2) is 9.12. The predicted molar refractivity (Wildman–Crippen MR) is 89.6 cm³/mol. The molecule has 0 heterocycles. The van der Waals surface area contributed by atoms with E-state index >= 15 is 0 Å². The zero-order valence-corrected chi connectivity index (χ0v) is 13.6. The van der Waals surface area contributed by atoms with Crippen LogP contribution >= 0.6 is 0 Å². The van der Waals surface area contributed by atoms with Gasteiger partial charge in [-0.05, 0) is 30.5 Å². The van der Waals surface area contributed by atoms with Crippen LogP contribution < -0.4 is 16.0 Å². The highest BCUT2D eigenvalue weighted by atomic mass is 19.1. The van der Waals surface area contributed by atoms with E-state index in [0.29, 0.717) is 31.5 Å². The first-order chi connectivity index (χ1) is 11.2. The van der Waals surface area contributed by atoms with Crippen molar-refractivity contribution in [3.63, 3.8) is 0 Å². The van der Waals surface area contributed by atoms with Gasteiger partial charge in [0.2, 0.25) is 5.91 Å². The van der Waals surface area contributed by atoms with Crippen LogP contribution in [0.5, 0.6) is 0 Å². The molecule has 0 bridgehead atoms. The van der Waals surface area contributed by atoms with Crippen LogP contribution in [0.4, 0.5) is 4.39 Å². The number of amides is 1. The molecule has 0 radical (unpaired) electrons. The molecule has 0 saturated heterocycles. The Kier molecular flexibility index (Phi) is 6.84. The Bertz CT molecular complexity index is 524. The number of hydrogen-bond donors (Lipinski definition) is 3. The molecule has 1 aliphatic carbocycles. The first-order valence-electron chi connectivity index (χ1n) is 8.15. The first kappa shape index (κ1) is 17.2. The molecular formula is C17H25FN4O. The molecule has 1 fully saturated rings. The zero-order valence-electron chi connectivity index (χ0n) is 13.6. The van der Waals surface area contributed by atoms with Crippen LogP contribution in [0.2, 0.25) is 0 Å². The fourth-order valence-electron chi connectivity index (χ4n) is 2.67. The Morgan fingerprint density at radius 2 is 1.91 bits per heavy atom. The molecule has 0 aromatic heterocycles. The molecule has 0 atom stereocenters. The molecule has 1 aromatic carbocycles. The number of carbonyl (C=O) groups is 1. The minimum absolute atomic E-state index is 0.0818. The Labute approximate surface area is 136 Å². The van der Waals surface area contributed by atoms with E-state index in [1.54, 1.807) is 19.2 Å². The highest BCUT2D eigenvalue weighted by Gasteiger charge is 2.16. The quantitative estimate of drug-likeness (QED) is 0.554. The molecule has 0 aliphatic heterocycles. The Balaban J connectivity index is 1.64. The van der Waals surface area contributed by atoms with E-state index < -0.39 is 0 Å². The minimum Gasteiger partial charge on any atom is -0.356 e. The molecule has 1 aliphatic rings. The van der Waals surface area contributed by atoms with Gasteiger partial charge >= 0.3 is 0 Å². The predicted octanol–water partition coefficient (Wildman–Crippen LogP) is 1.94. The maximum absolute atomic E-state index is 12.8. The summed E-state index contributed by atoms with van der Waals surface area (Å²) in [6, 6.07) is 6.68. The number of nitrogens with zero attached hydrogens (tertiary/aromatic N) is 1. The van der Waals surface area contributed by atoms with Crippen molar-refractivity contribution in [1.29, 1.82) is 0 Å². The lowest BCUT2D eigenvalue weighted by Crippen LogP contribution is -2.40. The van der Waals surface area contributed by atoms with Gasteiger partial charge < -0.3 is 16.0 Å². The lowest BCUT2D eigenvalue weighted by Gasteiger charge is -2.14. The summed E-state index contributed by atoms with van der Waals surface area (Å²) in [4.78, 5) is 15.9. The number of carbonyl (C=O) groups excluding carboxylic acids is 1.